The Bertz CT molecular complexity index is 499. The predicted molar refractivity (Wildman–Crippen MR) is 75.0 cm³/mol. The summed E-state index contributed by atoms with van der Waals surface area (Å²) in [6.45, 7) is 0.0449. The lowest BCUT2D eigenvalue weighted by Gasteiger charge is -2.06. The zero-order valence-electron chi connectivity index (χ0n) is 9.67. The van der Waals surface area contributed by atoms with Crippen LogP contribution in [0.25, 0.3) is 11.3 Å². The molecule has 2 aromatic rings. The Balaban J connectivity index is 0.00000162. The second kappa shape index (κ2) is 6.81. The van der Waals surface area contributed by atoms with Crippen molar-refractivity contribution in [1.29, 1.82) is 0 Å². The highest BCUT2D eigenvalue weighted by Gasteiger charge is 2.12. The van der Waals surface area contributed by atoms with Crippen LogP contribution in [0.1, 0.15) is 18.2 Å². The van der Waals surface area contributed by atoms with E-state index in [1.807, 2.05) is 36.4 Å². The molecule has 2 rings (SSSR count). The molecule has 0 amide bonds. The predicted octanol–water partition coefficient (Wildman–Crippen LogP) is 3.40. The molecule has 98 valence electrons. The number of aliphatic hydroxyl groups is 1. The summed E-state index contributed by atoms with van der Waals surface area (Å²) in [6, 6.07) is 10.8. The number of aliphatic hydroxyl groups excluding tert-OH is 1. The molecule has 1 heterocycles. The van der Waals surface area contributed by atoms with Crippen molar-refractivity contribution in [3.8, 4) is 11.3 Å². The van der Waals surface area contributed by atoms with Crippen molar-refractivity contribution in [2.75, 3.05) is 6.61 Å². The molecule has 1 aromatic carbocycles. The van der Waals surface area contributed by atoms with Gasteiger partial charge in [-0.2, -0.15) is 0 Å². The Labute approximate surface area is 117 Å². The molecule has 0 aliphatic rings. The van der Waals surface area contributed by atoms with E-state index >= 15 is 0 Å². The molecule has 18 heavy (non-hydrogen) atoms. The molecule has 1 atom stereocenters. The second-order valence-corrected chi connectivity index (χ2v) is 4.21. The Kier molecular flexibility index (Phi) is 5.69. The van der Waals surface area contributed by atoms with Crippen molar-refractivity contribution in [2.24, 2.45) is 5.73 Å². The van der Waals surface area contributed by atoms with Gasteiger partial charge in [-0.1, -0.05) is 23.7 Å². The standard InChI is InChI=1S/C13H14ClNO2.ClH/c14-10-4-2-1-3-9(10)12-5-6-13(17-12)11(15)7-8-16;/h1-6,11,16H,7-8,15H2;1H. The van der Waals surface area contributed by atoms with E-state index in [0.29, 0.717) is 23.0 Å². The van der Waals surface area contributed by atoms with E-state index in [4.69, 9.17) is 26.9 Å². The maximum absolute atomic E-state index is 8.82. The minimum atomic E-state index is -0.281. The van der Waals surface area contributed by atoms with Crippen LogP contribution in [0.2, 0.25) is 5.02 Å². The molecule has 0 aliphatic carbocycles. The van der Waals surface area contributed by atoms with Gasteiger partial charge in [0.25, 0.3) is 0 Å². The summed E-state index contributed by atoms with van der Waals surface area (Å²) in [6.07, 6.45) is 0.482. The molecule has 0 fully saturated rings. The lowest BCUT2D eigenvalue weighted by atomic mass is 10.1. The Hall–Kier alpha value is -1.00. The van der Waals surface area contributed by atoms with Crippen LogP contribution in [-0.2, 0) is 0 Å². The fraction of sp³-hybridized carbons (Fsp3) is 0.231. The highest BCUT2D eigenvalue weighted by molar-refractivity contribution is 6.33. The number of furan rings is 1. The largest absolute Gasteiger partial charge is 0.459 e. The van der Waals surface area contributed by atoms with Crippen molar-refractivity contribution in [1.82, 2.24) is 0 Å². The summed E-state index contributed by atoms with van der Waals surface area (Å²) >= 11 is 6.08. The Morgan fingerprint density at radius 2 is 1.94 bits per heavy atom. The van der Waals surface area contributed by atoms with Gasteiger partial charge in [-0.3, -0.25) is 0 Å². The van der Waals surface area contributed by atoms with Gasteiger partial charge in [0.05, 0.1) is 11.1 Å². The minimum absolute atomic E-state index is 0. The summed E-state index contributed by atoms with van der Waals surface area (Å²) in [7, 11) is 0. The highest BCUT2D eigenvalue weighted by Crippen LogP contribution is 2.30. The van der Waals surface area contributed by atoms with Gasteiger partial charge in [-0.25, -0.2) is 0 Å². The van der Waals surface area contributed by atoms with Crippen molar-refractivity contribution >= 4 is 24.0 Å². The van der Waals surface area contributed by atoms with Crippen molar-refractivity contribution in [3.05, 3.63) is 47.2 Å². The van der Waals surface area contributed by atoms with E-state index in [1.165, 1.54) is 0 Å². The fourth-order valence-electron chi connectivity index (χ4n) is 1.64. The molecule has 0 bridgehead atoms. The van der Waals surface area contributed by atoms with E-state index in [1.54, 1.807) is 0 Å². The smallest absolute Gasteiger partial charge is 0.135 e. The van der Waals surface area contributed by atoms with E-state index in [9.17, 15) is 0 Å². The molecule has 1 aromatic heterocycles. The molecule has 5 heteroatoms. The summed E-state index contributed by atoms with van der Waals surface area (Å²) in [5, 5.41) is 9.47. The number of nitrogens with two attached hydrogens (primary N) is 1. The van der Waals surface area contributed by atoms with Crippen molar-refractivity contribution < 1.29 is 9.52 Å². The third-order valence-electron chi connectivity index (χ3n) is 2.57. The SMILES string of the molecule is Cl.NC(CCO)c1ccc(-c2ccccc2Cl)o1. The quantitative estimate of drug-likeness (QED) is 0.906. The summed E-state index contributed by atoms with van der Waals surface area (Å²) in [5.41, 5.74) is 6.69. The van der Waals surface area contributed by atoms with E-state index in [0.717, 1.165) is 5.56 Å². The van der Waals surface area contributed by atoms with Crippen LogP contribution in [0.4, 0.5) is 0 Å². The summed E-state index contributed by atoms with van der Waals surface area (Å²) in [5.74, 6) is 1.35. The Morgan fingerprint density at radius 3 is 2.61 bits per heavy atom. The van der Waals surface area contributed by atoms with Gasteiger partial charge >= 0.3 is 0 Å². The molecule has 0 radical (unpaired) electrons. The molecule has 3 N–H and O–H groups in total. The van der Waals surface area contributed by atoms with Crippen molar-refractivity contribution in [3.63, 3.8) is 0 Å². The molecular weight excluding hydrogens is 273 g/mol. The highest BCUT2D eigenvalue weighted by atomic mass is 35.5. The first-order chi connectivity index (χ1) is 8.22. The Morgan fingerprint density at radius 1 is 1.22 bits per heavy atom. The zero-order valence-corrected chi connectivity index (χ0v) is 11.2. The fourth-order valence-corrected chi connectivity index (χ4v) is 1.87. The average molecular weight is 288 g/mol. The first kappa shape index (κ1) is 15.1. The number of halogens is 2. The van der Waals surface area contributed by atoms with Crippen LogP contribution < -0.4 is 5.73 Å². The third kappa shape index (κ3) is 3.27. The van der Waals surface area contributed by atoms with E-state index < -0.39 is 0 Å². The van der Waals surface area contributed by atoms with Gasteiger partial charge < -0.3 is 15.3 Å². The maximum Gasteiger partial charge on any atom is 0.135 e. The average Bonchev–Trinajstić information content (AvgIpc) is 2.79. The van der Waals surface area contributed by atoms with Gasteiger partial charge in [-0.15, -0.1) is 12.4 Å². The molecule has 0 saturated heterocycles. The van der Waals surface area contributed by atoms with Crippen molar-refractivity contribution in [2.45, 2.75) is 12.5 Å². The molecule has 3 nitrogen and oxygen atoms in total. The lowest BCUT2D eigenvalue weighted by Crippen LogP contribution is -2.10. The van der Waals surface area contributed by atoms with Gasteiger partial charge in [0.1, 0.15) is 11.5 Å². The van der Waals surface area contributed by atoms with Crippen LogP contribution in [0.15, 0.2) is 40.8 Å². The van der Waals surface area contributed by atoms with Gasteiger partial charge in [0, 0.05) is 12.2 Å². The van der Waals surface area contributed by atoms with Crippen LogP contribution in [0.5, 0.6) is 0 Å². The minimum Gasteiger partial charge on any atom is -0.459 e. The molecular formula is C13H15Cl2NO2. The van der Waals surface area contributed by atoms with Crippen LogP contribution in [0.3, 0.4) is 0 Å². The van der Waals surface area contributed by atoms with E-state index in [2.05, 4.69) is 0 Å². The molecule has 0 aliphatic heterocycles. The van der Waals surface area contributed by atoms with Crippen LogP contribution in [0, 0.1) is 0 Å². The summed E-state index contributed by atoms with van der Waals surface area (Å²) < 4.78 is 5.64. The van der Waals surface area contributed by atoms with E-state index in [-0.39, 0.29) is 25.1 Å². The van der Waals surface area contributed by atoms with Crippen LogP contribution in [-0.4, -0.2) is 11.7 Å². The maximum atomic E-state index is 8.82. The van der Waals surface area contributed by atoms with Crippen LogP contribution >= 0.6 is 24.0 Å². The number of hydrogen-bond donors (Lipinski definition) is 2. The van der Waals surface area contributed by atoms with Gasteiger partial charge in [0.15, 0.2) is 0 Å². The topological polar surface area (TPSA) is 59.4 Å². The first-order valence-electron chi connectivity index (χ1n) is 5.43. The van der Waals surface area contributed by atoms with Gasteiger partial charge in [-0.05, 0) is 30.7 Å². The molecule has 1 unspecified atom stereocenters. The lowest BCUT2D eigenvalue weighted by molar-refractivity contribution is 0.269. The summed E-state index contributed by atoms with van der Waals surface area (Å²) in [4.78, 5) is 0. The third-order valence-corrected chi connectivity index (χ3v) is 2.90. The van der Waals surface area contributed by atoms with Gasteiger partial charge in [0.2, 0.25) is 0 Å². The normalized spacial score (nSPS) is 11.9. The second-order valence-electron chi connectivity index (χ2n) is 3.80. The monoisotopic (exact) mass is 287 g/mol. The zero-order chi connectivity index (χ0) is 12.3. The molecule has 0 spiro atoms. The number of rotatable bonds is 4. The number of hydrogen-bond acceptors (Lipinski definition) is 3. The number of benzene rings is 1. The first-order valence-corrected chi connectivity index (χ1v) is 5.81. The molecule has 0 saturated carbocycles.